The molecule has 90 valence electrons. The molecule has 0 saturated carbocycles. The van der Waals surface area contributed by atoms with Crippen LogP contribution in [-0.2, 0) is 13.0 Å². The maximum absolute atomic E-state index is 3.53. The molecule has 1 N–H and O–H groups in total. The second-order valence-corrected chi connectivity index (χ2v) is 5.81. The van der Waals surface area contributed by atoms with Crippen molar-refractivity contribution in [3.63, 3.8) is 0 Å². The van der Waals surface area contributed by atoms with Crippen LogP contribution >= 0.6 is 11.3 Å². The molecule has 1 saturated heterocycles. The van der Waals surface area contributed by atoms with Gasteiger partial charge in [0.05, 0.1) is 0 Å². The monoisotopic (exact) mass is 238 g/mol. The van der Waals surface area contributed by atoms with E-state index in [4.69, 9.17) is 0 Å². The number of hydrogen-bond acceptors (Lipinski definition) is 3. The van der Waals surface area contributed by atoms with Crippen LogP contribution in [0.15, 0.2) is 11.4 Å². The van der Waals surface area contributed by atoms with Crippen LogP contribution in [0.2, 0.25) is 0 Å². The van der Waals surface area contributed by atoms with Gasteiger partial charge in [0.25, 0.3) is 0 Å². The van der Waals surface area contributed by atoms with Gasteiger partial charge in [0, 0.05) is 36.6 Å². The highest BCUT2D eigenvalue weighted by Crippen LogP contribution is 2.21. The third-order valence-corrected chi connectivity index (χ3v) is 4.41. The van der Waals surface area contributed by atoms with E-state index in [-0.39, 0.29) is 0 Å². The molecular formula is C13H22N2S. The Morgan fingerprint density at radius 3 is 3.06 bits per heavy atom. The molecule has 0 radical (unpaired) electrons. The molecule has 1 aliphatic heterocycles. The van der Waals surface area contributed by atoms with Crippen LogP contribution in [0.4, 0.5) is 0 Å². The summed E-state index contributed by atoms with van der Waals surface area (Å²) in [4.78, 5) is 4.16. The molecular weight excluding hydrogens is 216 g/mol. The van der Waals surface area contributed by atoms with Gasteiger partial charge in [0.15, 0.2) is 0 Å². The Morgan fingerprint density at radius 2 is 2.31 bits per heavy atom. The predicted octanol–water partition coefficient (Wildman–Crippen LogP) is 2.49. The van der Waals surface area contributed by atoms with Crippen LogP contribution < -0.4 is 5.32 Å². The van der Waals surface area contributed by atoms with E-state index in [9.17, 15) is 0 Å². The Morgan fingerprint density at radius 1 is 1.50 bits per heavy atom. The fourth-order valence-corrected chi connectivity index (χ4v) is 3.32. The molecule has 2 atom stereocenters. The van der Waals surface area contributed by atoms with Crippen LogP contribution in [0, 0.1) is 0 Å². The molecule has 0 amide bonds. The van der Waals surface area contributed by atoms with Crippen molar-refractivity contribution < 1.29 is 0 Å². The average molecular weight is 238 g/mol. The molecule has 3 heteroatoms. The lowest BCUT2D eigenvalue weighted by Crippen LogP contribution is -2.53. The maximum atomic E-state index is 3.53. The molecule has 2 unspecified atom stereocenters. The Hall–Kier alpha value is -0.380. The zero-order chi connectivity index (χ0) is 11.5. The molecule has 0 bridgehead atoms. The summed E-state index contributed by atoms with van der Waals surface area (Å²) in [7, 11) is 0. The lowest BCUT2D eigenvalue weighted by molar-refractivity contribution is 0.140. The fourth-order valence-electron chi connectivity index (χ4n) is 2.32. The van der Waals surface area contributed by atoms with Gasteiger partial charge in [-0.05, 0) is 37.3 Å². The molecule has 2 rings (SSSR count). The largest absolute Gasteiger partial charge is 0.311 e. The standard InChI is InChI=1S/C13H22N2S/c1-4-12-5-6-16-13(12)9-15-8-10(2)14-7-11(15)3/h5-6,10-11,14H,4,7-9H2,1-3H3. The minimum Gasteiger partial charge on any atom is -0.311 e. The van der Waals surface area contributed by atoms with E-state index in [1.54, 1.807) is 4.88 Å². The van der Waals surface area contributed by atoms with Crippen molar-refractivity contribution >= 4 is 11.3 Å². The molecule has 0 aliphatic carbocycles. The number of nitrogens with zero attached hydrogens (tertiary/aromatic N) is 1. The van der Waals surface area contributed by atoms with Gasteiger partial charge in [-0.1, -0.05) is 6.92 Å². The average Bonchev–Trinajstić information content (AvgIpc) is 2.71. The molecule has 2 nitrogen and oxygen atoms in total. The molecule has 1 fully saturated rings. The van der Waals surface area contributed by atoms with E-state index in [2.05, 4.69) is 42.4 Å². The van der Waals surface area contributed by atoms with Gasteiger partial charge in [-0.25, -0.2) is 0 Å². The zero-order valence-corrected chi connectivity index (χ0v) is 11.3. The topological polar surface area (TPSA) is 15.3 Å². The second-order valence-electron chi connectivity index (χ2n) is 4.81. The van der Waals surface area contributed by atoms with Crippen LogP contribution in [-0.4, -0.2) is 30.1 Å². The first-order chi connectivity index (χ1) is 7.70. The van der Waals surface area contributed by atoms with Gasteiger partial charge >= 0.3 is 0 Å². The Bertz CT molecular complexity index is 334. The minimum absolute atomic E-state index is 0.626. The Labute approximate surface area is 103 Å². The minimum atomic E-state index is 0.626. The maximum Gasteiger partial charge on any atom is 0.0334 e. The quantitative estimate of drug-likeness (QED) is 0.870. The van der Waals surface area contributed by atoms with Crippen LogP contribution in [0.1, 0.15) is 31.2 Å². The molecule has 2 heterocycles. The molecule has 0 spiro atoms. The molecule has 1 aromatic rings. The summed E-state index contributed by atoms with van der Waals surface area (Å²) in [5.41, 5.74) is 1.53. The normalized spacial score (nSPS) is 27.2. The first-order valence-corrected chi connectivity index (χ1v) is 7.11. The Kier molecular flexibility index (Phi) is 4.00. The van der Waals surface area contributed by atoms with Gasteiger partial charge in [-0.2, -0.15) is 0 Å². The summed E-state index contributed by atoms with van der Waals surface area (Å²) < 4.78 is 0. The SMILES string of the molecule is CCc1ccsc1CN1CC(C)NCC1C. The third kappa shape index (κ3) is 2.65. The molecule has 1 aliphatic rings. The van der Waals surface area contributed by atoms with E-state index >= 15 is 0 Å². The fraction of sp³-hybridized carbons (Fsp3) is 0.692. The van der Waals surface area contributed by atoms with Crippen molar-refractivity contribution in [3.8, 4) is 0 Å². The predicted molar refractivity (Wildman–Crippen MR) is 71.0 cm³/mol. The van der Waals surface area contributed by atoms with E-state index in [0.717, 1.165) is 19.5 Å². The molecule has 0 aromatic carbocycles. The zero-order valence-electron chi connectivity index (χ0n) is 10.5. The third-order valence-electron chi connectivity index (χ3n) is 3.46. The van der Waals surface area contributed by atoms with Crippen molar-refractivity contribution in [1.29, 1.82) is 0 Å². The molecule has 16 heavy (non-hydrogen) atoms. The van der Waals surface area contributed by atoms with Crippen molar-refractivity contribution in [2.75, 3.05) is 13.1 Å². The number of thiophene rings is 1. The summed E-state index contributed by atoms with van der Waals surface area (Å²) in [6.45, 7) is 10.3. The first-order valence-electron chi connectivity index (χ1n) is 6.23. The van der Waals surface area contributed by atoms with E-state index in [0.29, 0.717) is 12.1 Å². The van der Waals surface area contributed by atoms with Gasteiger partial charge in [0.1, 0.15) is 0 Å². The van der Waals surface area contributed by atoms with E-state index in [1.807, 2.05) is 11.3 Å². The smallest absolute Gasteiger partial charge is 0.0334 e. The highest BCUT2D eigenvalue weighted by atomic mass is 32.1. The van der Waals surface area contributed by atoms with Crippen LogP contribution in [0.25, 0.3) is 0 Å². The number of hydrogen-bond donors (Lipinski definition) is 1. The van der Waals surface area contributed by atoms with Crippen LogP contribution in [0.5, 0.6) is 0 Å². The number of piperazine rings is 1. The number of rotatable bonds is 3. The summed E-state index contributed by atoms with van der Waals surface area (Å²) in [5, 5.41) is 5.76. The highest BCUT2D eigenvalue weighted by molar-refractivity contribution is 7.10. The van der Waals surface area contributed by atoms with Crippen molar-refractivity contribution in [2.45, 2.75) is 45.8 Å². The summed E-state index contributed by atoms with van der Waals surface area (Å²) in [5.74, 6) is 0. The van der Waals surface area contributed by atoms with Crippen molar-refractivity contribution in [3.05, 3.63) is 21.9 Å². The van der Waals surface area contributed by atoms with Gasteiger partial charge in [-0.3, -0.25) is 4.90 Å². The Balaban J connectivity index is 2.02. The lowest BCUT2D eigenvalue weighted by Gasteiger charge is -2.37. The highest BCUT2D eigenvalue weighted by Gasteiger charge is 2.22. The van der Waals surface area contributed by atoms with Crippen molar-refractivity contribution in [1.82, 2.24) is 10.2 Å². The van der Waals surface area contributed by atoms with E-state index in [1.165, 1.54) is 12.1 Å². The summed E-state index contributed by atoms with van der Waals surface area (Å²) in [6.07, 6.45) is 1.16. The van der Waals surface area contributed by atoms with Gasteiger partial charge < -0.3 is 5.32 Å². The molecule has 1 aromatic heterocycles. The summed E-state index contributed by atoms with van der Waals surface area (Å²) in [6, 6.07) is 3.56. The number of aryl methyl sites for hydroxylation is 1. The van der Waals surface area contributed by atoms with Crippen molar-refractivity contribution in [2.24, 2.45) is 0 Å². The van der Waals surface area contributed by atoms with Gasteiger partial charge in [0.2, 0.25) is 0 Å². The number of nitrogens with one attached hydrogen (secondary N) is 1. The second kappa shape index (κ2) is 5.30. The first kappa shape index (κ1) is 12.1. The van der Waals surface area contributed by atoms with E-state index < -0.39 is 0 Å². The van der Waals surface area contributed by atoms with Gasteiger partial charge in [-0.15, -0.1) is 11.3 Å². The lowest BCUT2D eigenvalue weighted by atomic mass is 10.1. The summed E-state index contributed by atoms with van der Waals surface area (Å²) >= 11 is 1.91. The van der Waals surface area contributed by atoms with Crippen LogP contribution in [0.3, 0.4) is 0 Å².